The second-order valence-corrected chi connectivity index (χ2v) is 7.06. The Kier molecular flexibility index (Phi) is 4.90. The molecular formula is C21H18ClN5O2. The second-order valence-electron chi connectivity index (χ2n) is 6.62. The predicted octanol–water partition coefficient (Wildman–Crippen LogP) is 3.18. The number of carbonyl (C=O) groups is 1. The maximum Gasteiger partial charge on any atom is 0.352 e. The number of halogens is 1. The van der Waals surface area contributed by atoms with Gasteiger partial charge < -0.3 is 4.90 Å². The van der Waals surface area contributed by atoms with Crippen LogP contribution in [0.3, 0.4) is 0 Å². The van der Waals surface area contributed by atoms with Crippen LogP contribution in [-0.4, -0.2) is 32.1 Å². The summed E-state index contributed by atoms with van der Waals surface area (Å²) < 4.78 is 2.56. The summed E-state index contributed by atoms with van der Waals surface area (Å²) >= 11 is 6.00. The molecule has 0 N–H and O–H groups in total. The molecule has 0 fully saturated rings. The zero-order valence-corrected chi connectivity index (χ0v) is 16.7. The van der Waals surface area contributed by atoms with Crippen molar-refractivity contribution in [3.8, 4) is 11.3 Å². The predicted molar refractivity (Wildman–Crippen MR) is 112 cm³/mol. The van der Waals surface area contributed by atoms with E-state index < -0.39 is 5.69 Å². The summed E-state index contributed by atoms with van der Waals surface area (Å²) in [5.41, 5.74) is 2.33. The number of likely N-dealkylation sites (N-methyl/N-ethyl adjacent to an activating group) is 1. The number of anilines is 1. The SMILES string of the molecule is Cc1nc(-c2ccccc2)cc2nn(CC(=O)N(C)c3cccc(Cl)c3)c(=O)n12. The number of benzene rings is 2. The molecule has 8 heteroatoms. The van der Waals surface area contributed by atoms with Crippen LogP contribution in [-0.2, 0) is 11.3 Å². The molecule has 146 valence electrons. The lowest BCUT2D eigenvalue weighted by atomic mass is 10.1. The minimum atomic E-state index is -0.405. The second kappa shape index (κ2) is 7.52. The molecular weight excluding hydrogens is 390 g/mol. The number of carbonyl (C=O) groups excluding carboxylic acids is 1. The van der Waals surface area contributed by atoms with Crippen LogP contribution in [0.1, 0.15) is 5.82 Å². The molecule has 4 aromatic rings. The van der Waals surface area contributed by atoms with Crippen molar-refractivity contribution in [2.45, 2.75) is 13.5 Å². The van der Waals surface area contributed by atoms with Crippen LogP contribution < -0.4 is 10.6 Å². The molecule has 0 radical (unpaired) electrons. The van der Waals surface area contributed by atoms with E-state index in [0.717, 1.165) is 15.9 Å². The van der Waals surface area contributed by atoms with Crippen molar-refractivity contribution in [3.63, 3.8) is 0 Å². The van der Waals surface area contributed by atoms with Gasteiger partial charge in [0.25, 0.3) is 0 Å². The first kappa shape index (κ1) is 18.9. The molecule has 4 rings (SSSR count). The summed E-state index contributed by atoms with van der Waals surface area (Å²) in [6, 6.07) is 18.4. The van der Waals surface area contributed by atoms with Crippen LogP contribution in [0.5, 0.6) is 0 Å². The number of fused-ring (bicyclic) bond motifs is 1. The van der Waals surface area contributed by atoms with Gasteiger partial charge in [0.2, 0.25) is 5.91 Å². The normalized spacial score (nSPS) is 11.0. The molecule has 2 aromatic carbocycles. The van der Waals surface area contributed by atoms with Crippen molar-refractivity contribution >= 4 is 28.8 Å². The van der Waals surface area contributed by atoms with Crippen LogP contribution in [0.2, 0.25) is 5.02 Å². The number of hydrogen-bond acceptors (Lipinski definition) is 4. The average Bonchev–Trinajstić information content (AvgIpc) is 3.03. The maximum atomic E-state index is 12.8. The molecule has 0 atom stereocenters. The molecule has 7 nitrogen and oxygen atoms in total. The number of nitrogens with zero attached hydrogens (tertiary/aromatic N) is 5. The molecule has 2 heterocycles. The Morgan fingerprint density at radius 3 is 2.59 bits per heavy atom. The topological polar surface area (TPSA) is 72.5 Å². The Hall–Kier alpha value is -3.45. The highest BCUT2D eigenvalue weighted by atomic mass is 35.5. The first-order valence-electron chi connectivity index (χ1n) is 8.99. The molecule has 0 saturated heterocycles. The average molecular weight is 408 g/mol. The molecule has 0 aliphatic carbocycles. The van der Waals surface area contributed by atoms with Gasteiger partial charge in [0.15, 0.2) is 5.65 Å². The molecule has 0 unspecified atom stereocenters. The lowest BCUT2D eigenvalue weighted by Crippen LogP contribution is -2.34. The number of aromatic nitrogens is 4. The quantitative estimate of drug-likeness (QED) is 0.521. The molecule has 0 aliphatic rings. The highest BCUT2D eigenvalue weighted by Crippen LogP contribution is 2.19. The zero-order chi connectivity index (χ0) is 20.5. The van der Waals surface area contributed by atoms with Gasteiger partial charge in [0.05, 0.1) is 5.69 Å². The van der Waals surface area contributed by atoms with Gasteiger partial charge in [-0.05, 0) is 25.1 Å². The van der Waals surface area contributed by atoms with Gasteiger partial charge in [-0.25, -0.2) is 18.9 Å². The third kappa shape index (κ3) is 3.64. The van der Waals surface area contributed by atoms with Crippen LogP contribution in [0.4, 0.5) is 5.69 Å². The molecule has 0 bridgehead atoms. The number of amides is 1. The Balaban J connectivity index is 1.68. The first-order chi connectivity index (χ1) is 13.9. The van der Waals surface area contributed by atoms with Crippen molar-refractivity contribution < 1.29 is 4.79 Å². The van der Waals surface area contributed by atoms with E-state index in [-0.39, 0.29) is 12.5 Å². The fraction of sp³-hybridized carbons (Fsp3) is 0.143. The maximum absolute atomic E-state index is 12.8. The largest absolute Gasteiger partial charge is 0.352 e. The summed E-state index contributed by atoms with van der Waals surface area (Å²) in [4.78, 5) is 31.4. The van der Waals surface area contributed by atoms with Crippen LogP contribution in [0.25, 0.3) is 16.9 Å². The van der Waals surface area contributed by atoms with Gasteiger partial charge in [0, 0.05) is 29.4 Å². The summed E-state index contributed by atoms with van der Waals surface area (Å²) in [5, 5.41) is 4.88. The highest BCUT2D eigenvalue weighted by molar-refractivity contribution is 6.30. The van der Waals surface area contributed by atoms with Gasteiger partial charge in [-0.15, -0.1) is 5.10 Å². The standard InChI is InChI=1S/C21H18ClN5O2/c1-14-23-18(15-7-4-3-5-8-15)12-19-24-26(21(29)27(14)19)13-20(28)25(2)17-10-6-9-16(22)11-17/h3-12H,13H2,1-2H3. The highest BCUT2D eigenvalue weighted by Gasteiger charge is 2.17. The van der Waals surface area contributed by atoms with Crippen LogP contribution >= 0.6 is 11.6 Å². The monoisotopic (exact) mass is 407 g/mol. The van der Waals surface area contributed by atoms with Crippen molar-refractivity contribution in [3.05, 3.63) is 82.0 Å². The van der Waals surface area contributed by atoms with Crippen molar-refractivity contribution in [2.75, 3.05) is 11.9 Å². The number of aryl methyl sites for hydroxylation is 1. The van der Waals surface area contributed by atoms with Crippen molar-refractivity contribution in [1.82, 2.24) is 19.2 Å². The summed E-state index contributed by atoms with van der Waals surface area (Å²) in [7, 11) is 1.63. The first-order valence-corrected chi connectivity index (χ1v) is 9.36. The molecule has 0 aliphatic heterocycles. The minimum Gasteiger partial charge on any atom is -0.314 e. The number of hydrogen-bond donors (Lipinski definition) is 0. The Bertz CT molecular complexity index is 1260. The van der Waals surface area contributed by atoms with Gasteiger partial charge in [-0.2, -0.15) is 0 Å². The van der Waals surface area contributed by atoms with E-state index in [9.17, 15) is 9.59 Å². The lowest BCUT2D eigenvalue weighted by molar-refractivity contribution is -0.119. The number of rotatable bonds is 4. The van der Waals surface area contributed by atoms with E-state index in [1.807, 2.05) is 30.3 Å². The minimum absolute atomic E-state index is 0.191. The fourth-order valence-electron chi connectivity index (χ4n) is 3.12. The smallest absolute Gasteiger partial charge is 0.314 e. The van der Waals surface area contributed by atoms with Gasteiger partial charge in [-0.3, -0.25) is 4.79 Å². The summed E-state index contributed by atoms with van der Waals surface area (Å²) in [6.07, 6.45) is 0. The molecule has 2 aromatic heterocycles. The lowest BCUT2D eigenvalue weighted by Gasteiger charge is -2.17. The Morgan fingerprint density at radius 2 is 1.86 bits per heavy atom. The van der Waals surface area contributed by atoms with Crippen LogP contribution in [0, 0.1) is 6.92 Å². The zero-order valence-electron chi connectivity index (χ0n) is 15.9. The van der Waals surface area contributed by atoms with E-state index in [1.54, 1.807) is 44.3 Å². The van der Waals surface area contributed by atoms with Crippen LogP contribution in [0.15, 0.2) is 65.5 Å². The van der Waals surface area contributed by atoms with Gasteiger partial charge in [0.1, 0.15) is 12.4 Å². The third-order valence-electron chi connectivity index (χ3n) is 4.66. The summed E-state index contributed by atoms with van der Waals surface area (Å²) in [5.74, 6) is 0.222. The van der Waals surface area contributed by atoms with Gasteiger partial charge >= 0.3 is 5.69 Å². The summed E-state index contributed by atoms with van der Waals surface area (Å²) in [6.45, 7) is 1.55. The molecule has 0 spiro atoms. The van der Waals surface area contributed by atoms with Crippen molar-refractivity contribution in [2.24, 2.45) is 0 Å². The molecule has 29 heavy (non-hydrogen) atoms. The van der Waals surface area contributed by atoms with E-state index in [0.29, 0.717) is 22.2 Å². The third-order valence-corrected chi connectivity index (χ3v) is 4.90. The van der Waals surface area contributed by atoms with E-state index in [1.165, 1.54) is 9.30 Å². The van der Waals surface area contributed by atoms with Gasteiger partial charge in [-0.1, -0.05) is 48.0 Å². The van der Waals surface area contributed by atoms with E-state index in [4.69, 9.17) is 11.6 Å². The Labute approximate surface area is 171 Å². The molecule has 1 amide bonds. The van der Waals surface area contributed by atoms with E-state index >= 15 is 0 Å². The van der Waals surface area contributed by atoms with Crippen molar-refractivity contribution in [1.29, 1.82) is 0 Å². The van der Waals surface area contributed by atoms with E-state index in [2.05, 4.69) is 10.1 Å². The fourth-order valence-corrected chi connectivity index (χ4v) is 3.31. The Morgan fingerprint density at radius 1 is 1.10 bits per heavy atom. The molecule has 0 saturated carbocycles.